The van der Waals surface area contributed by atoms with Gasteiger partial charge >= 0.3 is 0 Å². The molecule has 2 aromatic carbocycles. The third kappa shape index (κ3) is 4.99. The number of hydrogen-bond acceptors (Lipinski definition) is 3. The average Bonchev–Trinajstić information content (AvgIpc) is 3.31. The Bertz CT molecular complexity index is 842. The van der Waals surface area contributed by atoms with Gasteiger partial charge in [0.05, 0.1) is 0 Å². The molecule has 154 valence electrons. The van der Waals surface area contributed by atoms with Crippen molar-refractivity contribution in [2.45, 2.75) is 58.0 Å². The molecule has 1 saturated heterocycles. The molecule has 29 heavy (non-hydrogen) atoms. The van der Waals surface area contributed by atoms with E-state index in [0.29, 0.717) is 6.54 Å². The number of rotatable bonds is 7. The SMILES string of the molecule is C[C@H](NCc1ccccc1OCC(=O)N1CCCC1)c1ccc2c(c1)CCCC2. The minimum Gasteiger partial charge on any atom is -0.483 e. The van der Waals surface area contributed by atoms with Gasteiger partial charge < -0.3 is 15.0 Å². The van der Waals surface area contributed by atoms with E-state index in [2.05, 4.69) is 36.5 Å². The molecule has 4 rings (SSSR count). The lowest BCUT2D eigenvalue weighted by Gasteiger charge is -2.21. The minimum atomic E-state index is 0.0905. The number of hydrogen-bond donors (Lipinski definition) is 1. The fourth-order valence-corrected chi connectivity index (χ4v) is 4.39. The largest absolute Gasteiger partial charge is 0.483 e. The van der Waals surface area contributed by atoms with Crippen LogP contribution in [0.25, 0.3) is 0 Å². The Morgan fingerprint density at radius 1 is 1.03 bits per heavy atom. The first-order valence-corrected chi connectivity index (χ1v) is 11.0. The molecule has 0 bridgehead atoms. The quantitative estimate of drug-likeness (QED) is 0.758. The lowest BCUT2D eigenvalue weighted by Crippen LogP contribution is -2.32. The number of fused-ring (bicyclic) bond motifs is 1. The third-order valence-corrected chi connectivity index (χ3v) is 6.25. The number of nitrogens with zero attached hydrogens (tertiary/aromatic N) is 1. The van der Waals surface area contributed by atoms with Crippen LogP contribution in [0.2, 0.25) is 0 Å². The minimum absolute atomic E-state index is 0.0905. The molecule has 1 amide bonds. The Kier molecular flexibility index (Phi) is 6.50. The second-order valence-electron chi connectivity index (χ2n) is 8.32. The fraction of sp³-hybridized carbons (Fsp3) is 0.480. The number of nitrogens with one attached hydrogen (secondary N) is 1. The molecule has 1 heterocycles. The molecule has 0 spiro atoms. The van der Waals surface area contributed by atoms with Crippen LogP contribution in [0.4, 0.5) is 0 Å². The van der Waals surface area contributed by atoms with Crippen LogP contribution in [0, 0.1) is 0 Å². The van der Waals surface area contributed by atoms with Crippen LogP contribution >= 0.6 is 0 Å². The van der Waals surface area contributed by atoms with Crippen molar-refractivity contribution in [3.05, 3.63) is 64.7 Å². The molecule has 1 aliphatic carbocycles. The summed E-state index contributed by atoms with van der Waals surface area (Å²) in [6.07, 6.45) is 7.26. The van der Waals surface area contributed by atoms with Crippen molar-refractivity contribution in [1.29, 1.82) is 0 Å². The Balaban J connectivity index is 1.35. The van der Waals surface area contributed by atoms with E-state index in [1.165, 1.54) is 42.4 Å². The van der Waals surface area contributed by atoms with Crippen LogP contribution in [0.5, 0.6) is 5.75 Å². The molecule has 0 saturated carbocycles. The molecule has 0 unspecified atom stereocenters. The average molecular weight is 393 g/mol. The Morgan fingerprint density at radius 3 is 2.62 bits per heavy atom. The molecule has 2 aliphatic rings. The van der Waals surface area contributed by atoms with Crippen molar-refractivity contribution in [3.8, 4) is 5.75 Å². The number of likely N-dealkylation sites (tertiary alicyclic amines) is 1. The molecule has 4 nitrogen and oxygen atoms in total. The first-order valence-electron chi connectivity index (χ1n) is 11.0. The van der Waals surface area contributed by atoms with E-state index in [-0.39, 0.29) is 18.6 Å². The normalized spacial score (nSPS) is 17.1. The summed E-state index contributed by atoms with van der Waals surface area (Å²) in [5.41, 5.74) is 5.47. The van der Waals surface area contributed by atoms with Gasteiger partial charge in [0, 0.05) is 31.2 Å². The molecule has 1 aliphatic heterocycles. The predicted octanol–water partition coefficient (Wildman–Crippen LogP) is 4.42. The summed E-state index contributed by atoms with van der Waals surface area (Å²) in [6, 6.07) is 15.2. The molecule has 1 N–H and O–H groups in total. The highest BCUT2D eigenvalue weighted by Crippen LogP contribution is 2.25. The number of amides is 1. The van der Waals surface area contributed by atoms with Crippen LogP contribution in [-0.4, -0.2) is 30.5 Å². The number of para-hydroxylation sites is 1. The van der Waals surface area contributed by atoms with Crippen molar-refractivity contribution < 1.29 is 9.53 Å². The number of carbonyl (C=O) groups excluding carboxylic acids is 1. The van der Waals surface area contributed by atoms with Gasteiger partial charge in [-0.3, -0.25) is 4.79 Å². The summed E-state index contributed by atoms with van der Waals surface area (Å²) in [5, 5.41) is 3.63. The van der Waals surface area contributed by atoms with Crippen molar-refractivity contribution in [1.82, 2.24) is 10.2 Å². The van der Waals surface area contributed by atoms with Gasteiger partial charge in [0.2, 0.25) is 0 Å². The van der Waals surface area contributed by atoms with Crippen molar-refractivity contribution in [3.63, 3.8) is 0 Å². The van der Waals surface area contributed by atoms with Crippen LogP contribution in [0.1, 0.15) is 60.9 Å². The summed E-state index contributed by atoms with van der Waals surface area (Å²) in [4.78, 5) is 14.2. The van der Waals surface area contributed by atoms with Gasteiger partial charge in [0.1, 0.15) is 5.75 Å². The monoisotopic (exact) mass is 392 g/mol. The van der Waals surface area contributed by atoms with Gasteiger partial charge in [0.15, 0.2) is 6.61 Å². The Hall–Kier alpha value is -2.33. The zero-order chi connectivity index (χ0) is 20.1. The zero-order valence-electron chi connectivity index (χ0n) is 17.5. The number of carbonyl (C=O) groups is 1. The highest BCUT2D eigenvalue weighted by Gasteiger charge is 2.19. The van der Waals surface area contributed by atoms with Gasteiger partial charge in [-0.15, -0.1) is 0 Å². The lowest BCUT2D eigenvalue weighted by atomic mass is 9.89. The Morgan fingerprint density at radius 2 is 1.79 bits per heavy atom. The van der Waals surface area contributed by atoms with Crippen LogP contribution in [0.15, 0.2) is 42.5 Å². The molecular formula is C25H32N2O2. The summed E-state index contributed by atoms with van der Waals surface area (Å²) >= 11 is 0. The number of benzene rings is 2. The molecule has 1 fully saturated rings. The van der Waals surface area contributed by atoms with Crippen molar-refractivity contribution in [2.24, 2.45) is 0 Å². The van der Waals surface area contributed by atoms with Crippen LogP contribution in [0.3, 0.4) is 0 Å². The zero-order valence-corrected chi connectivity index (χ0v) is 17.5. The van der Waals surface area contributed by atoms with E-state index < -0.39 is 0 Å². The first-order chi connectivity index (χ1) is 14.2. The topological polar surface area (TPSA) is 41.6 Å². The third-order valence-electron chi connectivity index (χ3n) is 6.25. The molecule has 0 aromatic heterocycles. The van der Waals surface area contributed by atoms with Gasteiger partial charge in [0.25, 0.3) is 5.91 Å². The molecule has 4 heteroatoms. The van der Waals surface area contributed by atoms with Gasteiger partial charge in [-0.2, -0.15) is 0 Å². The molecule has 0 radical (unpaired) electrons. The van der Waals surface area contributed by atoms with Gasteiger partial charge in [-0.05, 0) is 68.2 Å². The second-order valence-corrected chi connectivity index (χ2v) is 8.32. The van der Waals surface area contributed by atoms with Gasteiger partial charge in [-0.1, -0.05) is 36.4 Å². The van der Waals surface area contributed by atoms with Crippen molar-refractivity contribution in [2.75, 3.05) is 19.7 Å². The molecular weight excluding hydrogens is 360 g/mol. The number of ether oxygens (including phenoxy) is 1. The summed E-state index contributed by atoms with van der Waals surface area (Å²) in [6.45, 7) is 4.78. The predicted molar refractivity (Wildman–Crippen MR) is 116 cm³/mol. The summed E-state index contributed by atoms with van der Waals surface area (Å²) in [7, 11) is 0. The molecule has 1 atom stereocenters. The van der Waals surface area contributed by atoms with E-state index in [0.717, 1.165) is 37.2 Å². The lowest BCUT2D eigenvalue weighted by molar-refractivity contribution is -0.132. The van der Waals surface area contributed by atoms with Gasteiger partial charge in [-0.25, -0.2) is 0 Å². The maximum absolute atomic E-state index is 12.3. The standard InChI is InChI=1S/C25H32N2O2/c1-19(21-13-12-20-8-2-3-9-22(20)16-21)26-17-23-10-4-5-11-24(23)29-18-25(28)27-14-6-7-15-27/h4-5,10-13,16,19,26H,2-3,6-9,14-15,17-18H2,1H3/t19-/m0/s1. The van der Waals surface area contributed by atoms with E-state index in [4.69, 9.17) is 4.74 Å². The second kappa shape index (κ2) is 9.45. The van der Waals surface area contributed by atoms with E-state index in [1.54, 1.807) is 0 Å². The van der Waals surface area contributed by atoms with E-state index >= 15 is 0 Å². The van der Waals surface area contributed by atoms with E-state index in [9.17, 15) is 4.79 Å². The maximum atomic E-state index is 12.3. The highest BCUT2D eigenvalue weighted by molar-refractivity contribution is 5.78. The summed E-state index contributed by atoms with van der Waals surface area (Å²) < 4.78 is 5.89. The van der Waals surface area contributed by atoms with Crippen LogP contribution in [-0.2, 0) is 24.2 Å². The smallest absolute Gasteiger partial charge is 0.260 e. The highest BCUT2D eigenvalue weighted by atomic mass is 16.5. The van der Waals surface area contributed by atoms with Crippen molar-refractivity contribution >= 4 is 5.91 Å². The number of aryl methyl sites for hydroxylation is 2. The fourth-order valence-electron chi connectivity index (χ4n) is 4.39. The first kappa shape index (κ1) is 20.0. The van der Waals surface area contributed by atoms with Crippen LogP contribution < -0.4 is 10.1 Å². The molecule has 2 aromatic rings. The Labute approximate surface area is 174 Å². The van der Waals surface area contributed by atoms with E-state index in [1.807, 2.05) is 23.1 Å². The summed E-state index contributed by atoms with van der Waals surface area (Å²) in [5.74, 6) is 0.887. The maximum Gasteiger partial charge on any atom is 0.260 e.